The van der Waals surface area contributed by atoms with Gasteiger partial charge in [-0.15, -0.1) is 0 Å². The first-order valence-corrected chi connectivity index (χ1v) is 5.64. The second kappa shape index (κ2) is 5.38. The Morgan fingerprint density at radius 1 is 1.37 bits per heavy atom. The number of aromatic nitrogens is 1. The molecule has 94 valence electrons. The summed E-state index contributed by atoms with van der Waals surface area (Å²) in [4.78, 5) is 14.4. The van der Waals surface area contributed by atoms with Crippen molar-refractivity contribution in [3.63, 3.8) is 0 Å². The summed E-state index contributed by atoms with van der Waals surface area (Å²) in [6.45, 7) is 0. The van der Waals surface area contributed by atoms with Gasteiger partial charge in [-0.1, -0.05) is 11.6 Å². The molecular weight excluding hydrogens is 266 g/mol. The number of carboxylic acid groups (broad SMARTS) is 1. The lowest BCUT2D eigenvalue weighted by atomic mass is 10.2. The molecule has 1 aromatic carbocycles. The van der Waals surface area contributed by atoms with Crippen molar-refractivity contribution in [3.8, 4) is 6.07 Å². The normalized spacial score (nSPS) is 9.68. The summed E-state index contributed by atoms with van der Waals surface area (Å²) in [5, 5.41) is 21.0. The second-order valence-electron chi connectivity index (χ2n) is 3.67. The van der Waals surface area contributed by atoms with Gasteiger partial charge in [0.15, 0.2) is 0 Å². The molecule has 0 unspecified atom stereocenters. The van der Waals surface area contributed by atoms with E-state index >= 15 is 0 Å². The lowest BCUT2D eigenvalue weighted by molar-refractivity contribution is 0.0690. The number of pyridine rings is 1. The number of carbonyl (C=O) groups is 1. The van der Waals surface area contributed by atoms with Gasteiger partial charge in [0.25, 0.3) is 0 Å². The van der Waals surface area contributed by atoms with Crippen LogP contribution in [0.1, 0.15) is 16.1 Å². The average molecular weight is 274 g/mol. The Bertz CT molecular complexity index is 663. The predicted molar refractivity (Wildman–Crippen MR) is 70.6 cm³/mol. The minimum atomic E-state index is -1.09. The van der Waals surface area contributed by atoms with Gasteiger partial charge in [-0.05, 0) is 30.3 Å². The lowest BCUT2D eigenvalue weighted by Crippen LogP contribution is -2.00. The van der Waals surface area contributed by atoms with Gasteiger partial charge < -0.3 is 10.4 Å². The van der Waals surface area contributed by atoms with Gasteiger partial charge in [-0.25, -0.2) is 9.78 Å². The second-order valence-corrected chi connectivity index (χ2v) is 4.08. The zero-order valence-corrected chi connectivity index (χ0v) is 10.3. The molecule has 19 heavy (non-hydrogen) atoms. The highest BCUT2D eigenvalue weighted by atomic mass is 35.5. The molecule has 2 rings (SSSR count). The molecule has 0 bridgehead atoms. The van der Waals surface area contributed by atoms with Crippen LogP contribution in [0.2, 0.25) is 5.02 Å². The average Bonchev–Trinajstić information content (AvgIpc) is 2.42. The standard InChI is InChI=1S/C13H8ClN3O2/c14-10-3-1-8(6-15)5-12(10)17-9-2-4-11(13(18)19)16-7-9/h1-5,7,17H,(H,18,19). The van der Waals surface area contributed by atoms with Crippen LogP contribution in [0.3, 0.4) is 0 Å². The van der Waals surface area contributed by atoms with Crippen molar-refractivity contribution < 1.29 is 9.90 Å². The van der Waals surface area contributed by atoms with Crippen LogP contribution in [-0.2, 0) is 0 Å². The van der Waals surface area contributed by atoms with Crippen LogP contribution in [0.5, 0.6) is 0 Å². The summed E-state index contributed by atoms with van der Waals surface area (Å²) in [7, 11) is 0. The molecular formula is C13H8ClN3O2. The molecule has 1 heterocycles. The first-order chi connectivity index (χ1) is 9.10. The smallest absolute Gasteiger partial charge is 0.354 e. The van der Waals surface area contributed by atoms with Crippen LogP contribution in [0.25, 0.3) is 0 Å². The van der Waals surface area contributed by atoms with Crippen molar-refractivity contribution in [2.24, 2.45) is 0 Å². The van der Waals surface area contributed by atoms with E-state index in [1.54, 1.807) is 24.3 Å². The van der Waals surface area contributed by atoms with E-state index in [2.05, 4.69) is 10.3 Å². The molecule has 0 atom stereocenters. The van der Waals surface area contributed by atoms with E-state index in [9.17, 15) is 4.79 Å². The maximum Gasteiger partial charge on any atom is 0.354 e. The molecule has 0 saturated carbocycles. The molecule has 1 aromatic heterocycles. The monoisotopic (exact) mass is 273 g/mol. The summed E-state index contributed by atoms with van der Waals surface area (Å²) in [6, 6.07) is 9.80. The molecule has 0 radical (unpaired) electrons. The molecule has 0 amide bonds. The number of nitriles is 1. The van der Waals surface area contributed by atoms with Crippen LogP contribution in [0, 0.1) is 11.3 Å². The molecule has 0 aliphatic heterocycles. The highest BCUT2D eigenvalue weighted by Crippen LogP contribution is 2.26. The van der Waals surface area contributed by atoms with E-state index in [0.717, 1.165) is 0 Å². The van der Waals surface area contributed by atoms with Crippen LogP contribution in [-0.4, -0.2) is 16.1 Å². The van der Waals surface area contributed by atoms with E-state index in [0.29, 0.717) is 22.0 Å². The zero-order chi connectivity index (χ0) is 13.8. The largest absolute Gasteiger partial charge is 0.477 e. The van der Waals surface area contributed by atoms with Gasteiger partial charge in [0, 0.05) is 0 Å². The van der Waals surface area contributed by atoms with Gasteiger partial charge in [0.1, 0.15) is 5.69 Å². The van der Waals surface area contributed by atoms with Crippen molar-refractivity contribution in [1.82, 2.24) is 4.98 Å². The summed E-state index contributed by atoms with van der Waals surface area (Å²) in [5.74, 6) is -1.09. The minimum Gasteiger partial charge on any atom is -0.477 e. The lowest BCUT2D eigenvalue weighted by Gasteiger charge is -2.08. The summed E-state index contributed by atoms with van der Waals surface area (Å²) in [5.41, 5.74) is 1.58. The predicted octanol–water partition coefficient (Wildman–Crippen LogP) is 3.05. The van der Waals surface area contributed by atoms with Gasteiger partial charge >= 0.3 is 5.97 Å². The molecule has 0 aliphatic rings. The molecule has 0 saturated heterocycles. The summed E-state index contributed by atoms with van der Waals surface area (Å²) in [6.07, 6.45) is 1.39. The number of halogens is 1. The van der Waals surface area contributed by atoms with Gasteiger partial charge in [-0.2, -0.15) is 5.26 Å². The van der Waals surface area contributed by atoms with Gasteiger partial charge in [0.05, 0.1) is 34.2 Å². The number of benzene rings is 1. The maximum atomic E-state index is 10.7. The highest BCUT2D eigenvalue weighted by molar-refractivity contribution is 6.33. The van der Waals surface area contributed by atoms with E-state index in [1.165, 1.54) is 12.3 Å². The Morgan fingerprint density at radius 2 is 2.16 bits per heavy atom. The number of rotatable bonds is 3. The van der Waals surface area contributed by atoms with Crippen LogP contribution >= 0.6 is 11.6 Å². The van der Waals surface area contributed by atoms with E-state index in [-0.39, 0.29) is 5.69 Å². The number of carboxylic acids is 1. The Labute approximate surface area is 114 Å². The maximum absolute atomic E-state index is 10.7. The minimum absolute atomic E-state index is 0.0394. The van der Waals surface area contributed by atoms with Crippen LogP contribution in [0.4, 0.5) is 11.4 Å². The fourth-order valence-corrected chi connectivity index (χ4v) is 1.61. The molecule has 5 nitrogen and oxygen atoms in total. The number of aromatic carboxylic acids is 1. The van der Waals surface area contributed by atoms with Gasteiger partial charge in [0.2, 0.25) is 0 Å². The Hall–Kier alpha value is -2.58. The third kappa shape index (κ3) is 3.00. The quantitative estimate of drug-likeness (QED) is 0.897. The van der Waals surface area contributed by atoms with Crippen molar-refractivity contribution in [3.05, 3.63) is 52.8 Å². The Morgan fingerprint density at radius 3 is 2.74 bits per heavy atom. The fourth-order valence-electron chi connectivity index (χ4n) is 1.44. The number of hydrogen-bond acceptors (Lipinski definition) is 4. The molecule has 2 aromatic rings. The fraction of sp³-hybridized carbons (Fsp3) is 0. The topological polar surface area (TPSA) is 86.0 Å². The van der Waals surface area contributed by atoms with Crippen molar-refractivity contribution in [2.75, 3.05) is 5.32 Å². The number of nitrogens with one attached hydrogen (secondary N) is 1. The first-order valence-electron chi connectivity index (χ1n) is 5.26. The number of anilines is 2. The number of nitrogens with zero attached hydrogens (tertiary/aromatic N) is 2. The van der Waals surface area contributed by atoms with Crippen LogP contribution < -0.4 is 5.32 Å². The summed E-state index contributed by atoms with van der Waals surface area (Å²) >= 11 is 6.00. The van der Waals surface area contributed by atoms with Crippen molar-refractivity contribution >= 4 is 28.9 Å². The zero-order valence-electron chi connectivity index (χ0n) is 9.59. The van der Waals surface area contributed by atoms with Crippen molar-refractivity contribution in [2.45, 2.75) is 0 Å². The third-order valence-electron chi connectivity index (χ3n) is 2.36. The third-order valence-corrected chi connectivity index (χ3v) is 2.69. The molecule has 6 heteroatoms. The van der Waals surface area contributed by atoms with E-state index < -0.39 is 5.97 Å². The molecule has 2 N–H and O–H groups in total. The SMILES string of the molecule is N#Cc1ccc(Cl)c(Nc2ccc(C(=O)O)nc2)c1. The molecule has 0 aliphatic carbocycles. The van der Waals surface area contributed by atoms with E-state index in [4.69, 9.17) is 22.0 Å². The molecule has 0 spiro atoms. The number of hydrogen-bond donors (Lipinski definition) is 2. The molecule has 0 fully saturated rings. The first kappa shape index (κ1) is 12.9. The van der Waals surface area contributed by atoms with Gasteiger partial charge in [-0.3, -0.25) is 0 Å². The van der Waals surface area contributed by atoms with Crippen LogP contribution in [0.15, 0.2) is 36.5 Å². The highest BCUT2D eigenvalue weighted by Gasteiger charge is 2.06. The Balaban J connectivity index is 2.26. The van der Waals surface area contributed by atoms with Crippen molar-refractivity contribution in [1.29, 1.82) is 5.26 Å². The Kier molecular flexibility index (Phi) is 3.64. The summed E-state index contributed by atoms with van der Waals surface area (Å²) < 4.78 is 0. The van der Waals surface area contributed by atoms with E-state index in [1.807, 2.05) is 6.07 Å².